The number of rotatable bonds is 10. The molecule has 2 aromatic rings. The van der Waals surface area contributed by atoms with Crippen molar-refractivity contribution < 1.29 is 9.59 Å². The number of carbonyl (C=O) groups excluding carboxylic acids is 2. The van der Waals surface area contributed by atoms with Crippen molar-refractivity contribution in [3.05, 3.63) is 56.7 Å². The first-order valence-electron chi connectivity index (χ1n) is 11.1. The van der Waals surface area contributed by atoms with Gasteiger partial charge in [-0.2, -0.15) is 0 Å². The van der Waals surface area contributed by atoms with Gasteiger partial charge in [0.25, 0.3) is 5.56 Å². The maximum absolute atomic E-state index is 12.6. The van der Waals surface area contributed by atoms with Crippen molar-refractivity contribution in [1.29, 1.82) is 0 Å². The molecule has 0 unspecified atom stereocenters. The molecule has 1 aromatic carbocycles. The van der Waals surface area contributed by atoms with Gasteiger partial charge in [0.05, 0.1) is 0 Å². The van der Waals surface area contributed by atoms with Crippen LogP contribution in [0.1, 0.15) is 39.7 Å². The highest BCUT2D eigenvalue weighted by Gasteiger charge is 2.21. The fourth-order valence-corrected chi connectivity index (χ4v) is 3.41. The molecule has 1 aromatic heterocycles. The minimum absolute atomic E-state index is 0.0341. The number of H-pyrrole nitrogens is 1. The predicted molar refractivity (Wildman–Crippen MR) is 129 cm³/mol. The molecule has 2 rings (SSSR count). The predicted octanol–water partition coefficient (Wildman–Crippen LogP) is 1.65. The summed E-state index contributed by atoms with van der Waals surface area (Å²) in [6.45, 7) is 9.07. The van der Waals surface area contributed by atoms with Crippen LogP contribution in [0.25, 0.3) is 0 Å². The quantitative estimate of drug-likeness (QED) is 0.426. The van der Waals surface area contributed by atoms with Crippen molar-refractivity contribution in [2.75, 3.05) is 23.7 Å². The van der Waals surface area contributed by atoms with Gasteiger partial charge in [0, 0.05) is 32.6 Å². The van der Waals surface area contributed by atoms with E-state index in [1.807, 2.05) is 58.0 Å². The first kappa shape index (κ1) is 25.7. The van der Waals surface area contributed by atoms with Gasteiger partial charge in [-0.15, -0.1) is 0 Å². The van der Waals surface area contributed by atoms with Gasteiger partial charge in [0.2, 0.25) is 5.91 Å². The lowest BCUT2D eigenvalue weighted by atomic mass is 10.2. The summed E-state index contributed by atoms with van der Waals surface area (Å²) in [6, 6.07) is 8.74. The van der Waals surface area contributed by atoms with Crippen LogP contribution in [0.4, 0.5) is 16.3 Å². The molecule has 0 aliphatic carbocycles. The first-order valence-corrected chi connectivity index (χ1v) is 11.1. The van der Waals surface area contributed by atoms with Crippen molar-refractivity contribution in [3.63, 3.8) is 0 Å². The lowest BCUT2D eigenvalue weighted by molar-refractivity contribution is -0.119. The molecular weight excluding hydrogens is 424 g/mol. The molecule has 0 radical (unpaired) electrons. The maximum atomic E-state index is 12.6. The average molecular weight is 459 g/mol. The highest BCUT2D eigenvalue weighted by atomic mass is 16.2. The highest BCUT2D eigenvalue weighted by molar-refractivity contribution is 5.94. The number of aromatic amines is 1. The van der Waals surface area contributed by atoms with Gasteiger partial charge in [0.15, 0.2) is 0 Å². The molecule has 0 atom stereocenters. The Kier molecular flexibility index (Phi) is 9.26. The molecule has 180 valence electrons. The van der Waals surface area contributed by atoms with E-state index in [1.54, 1.807) is 4.90 Å². The summed E-state index contributed by atoms with van der Waals surface area (Å²) in [6.07, 6.45) is -0.0341. The van der Waals surface area contributed by atoms with Crippen molar-refractivity contribution in [2.45, 2.75) is 47.2 Å². The first-order chi connectivity index (χ1) is 15.6. The lowest BCUT2D eigenvalue weighted by Gasteiger charge is -2.28. The standard InChI is InChI=1S/C23H34N6O4/c1-15(2)13-28(19-20(24)29(14-16(3)4)23(33)27-21(19)31)11-10-18(30)26-22(32)25-12-17-8-6-5-7-9-17/h5-9,15-16H,10-14,24H2,1-4H3,(H,27,31,33)(H2,25,26,30,32). The zero-order chi connectivity index (χ0) is 24.5. The van der Waals surface area contributed by atoms with E-state index in [1.165, 1.54) is 4.57 Å². The zero-order valence-electron chi connectivity index (χ0n) is 19.7. The number of aromatic nitrogens is 2. The number of benzene rings is 1. The third kappa shape index (κ3) is 7.81. The molecule has 33 heavy (non-hydrogen) atoms. The smallest absolute Gasteiger partial charge is 0.330 e. The van der Waals surface area contributed by atoms with Crippen LogP contribution >= 0.6 is 0 Å². The molecule has 0 aliphatic rings. The minimum atomic E-state index is -0.598. The molecule has 0 saturated heterocycles. The van der Waals surface area contributed by atoms with E-state index in [9.17, 15) is 19.2 Å². The number of urea groups is 1. The normalized spacial score (nSPS) is 11.0. The van der Waals surface area contributed by atoms with Crippen LogP contribution in [0.15, 0.2) is 39.9 Å². The Morgan fingerprint density at radius 2 is 1.76 bits per heavy atom. The molecule has 10 heteroatoms. The van der Waals surface area contributed by atoms with Gasteiger partial charge in [-0.1, -0.05) is 58.0 Å². The largest absolute Gasteiger partial charge is 0.383 e. The van der Waals surface area contributed by atoms with Crippen molar-refractivity contribution >= 4 is 23.4 Å². The van der Waals surface area contributed by atoms with Gasteiger partial charge < -0.3 is 16.0 Å². The Labute approximate surface area is 193 Å². The molecule has 10 nitrogen and oxygen atoms in total. The number of carbonyl (C=O) groups is 2. The van der Waals surface area contributed by atoms with Crippen LogP contribution in [0.5, 0.6) is 0 Å². The number of hydrogen-bond acceptors (Lipinski definition) is 6. The molecule has 0 spiro atoms. The number of hydrogen-bond donors (Lipinski definition) is 4. The molecule has 1 heterocycles. The molecule has 0 bridgehead atoms. The third-order valence-corrected chi connectivity index (χ3v) is 4.82. The summed E-state index contributed by atoms with van der Waals surface area (Å²) < 4.78 is 1.34. The number of imide groups is 1. The second-order valence-corrected chi connectivity index (χ2v) is 8.80. The molecule has 0 fully saturated rings. The number of nitrogen functional groups attached to an aromatic ring is 1. The van der Waals surface area contributed by atoms with Crippen LogP contribution in [0.3, 0.4) is 0 Å². The molecule has 5 N–H and O–H groups in total. The third-order valence-electron chi connectivity index (χ3n) is 4.82. The van der Waals surface area contributed by atoms with Gasteiger partial charge in [0.1, 0.15) is 11.5 Å². The molecule has 0 saturated carbocycles. The van der Waals surface area contributed by atoms with Crippen molar-refractivity contribution in [1.82, 2.24) is 20.2 Å². The fraction of sp³-hybridized carbons (Fsp3) is 0.478. The highest BCUT2D eigenvalue weighted by Crippen LogP contribution is 2.19. The van der Waals surface area contributed by atoms with E-state index in [4.69, 9.17) is 5.73 Å². The van der Waals surface area contributed by atoms with Gasteiger partial charge in [-0.05, 0) is 17.4 Å². The second kappa shape index (κ2) is 11.9. The summed E-state index contributed by atoms with van der Waals surface area (Å²) >= 11 is 0. The van der Waals surface area contributed by atoms with Gasteiger partial charge in [-0.25, -0.2) is 9.59 Å². The maximum Gasteiger partial charge on any atom is 0.330 e. The number of nitrogens with one attached hydrogen (secondary N) is 3. The van der Waals surface area contributed by atoms with Crippen LogP contribution < -0.4 is 32.5 Å². The summed E-state index contributed by atoms with van der Waals surface area (Å²) in [5.74, 6) is -0.118. The number of nitrogens with two attached hydrogens (primary N) is 1. The van der Waals surface area contributed by atoms with Crippen LogP contribution in [-0.4, -0.2) is 34.6 Å². The Hall–Kier alpha value is -3.56. The average Bonchev–Trinajstić information content (AvgIpc) is 2.73. The van der Waals surface area contributed by atoms with E-state index < -0.39 is 23.2 Å². The summed E-state index contributed by atoms with van der Waals surface area (Å²) in [5, 5.41) is 4.93. The Bertz CT molecular complexity index is 1060. The Balaban J connectivity index is 2.09. The van der Waals surface area contributed by atoms with Crippen LogP contribution in [0.2, 0.25) is 0 Å². The topological polar surface area (TPSA) is 142 Å². The molecule has 0 aliphatic heterocycles. The summed E-state index contributed by atoms with van der Waals surface area (Å²) in [5.41, 5.74) is 6.14. The van der Waals surface area contributed by atoms with Crippen molar-refractivity contribution in [2.24, 2.45) is 11.8 Å². The number of amides is 3. The van der Waals surface area contributed by atoms with Crippen molar-refractivity contribution in [3.8, 4) is 0 Å². The van der Waals surface area contributed by atoms with E-state index in [0.29, 0.717) is 19.6 Å². The molecule has 3 amide bonds. The number of nitrogens with zero attached hydrogens (tertiary/aromatic N) is 2. The summed E-state index contributed by atoms with van der Waals surface area (Å²) in [7, 11) is 0. The Morgan fingerprint density at radius 1 is 1.09 bits per heavy atom. The molecular formula is C23H34N6O4. The number of anilines is 2. The van der Waals surface area contributed by atoms with Crippen LogP contribution in [0, 0.1) is 11.8 Å². The summed E-state index contributed by atoms with van der Waals surface area (Å²) in [4.78, 5) is 53.3. The SMILES string of the molecule is CC(C)CN(CCC(=O)NC(=O)NCc1ccccc1)c1c(N)n(CC(C)C)c(=O)[nH]c1=O. The monoisotopic (exact) mass is 458 g/mol. The minimum Gasteiger partial charge on any atom is -0.383 e. The lowest BCUT2D eigenvalue weighted by Crippen LogP contribution is -2.43. The van der Waals surface area contributed by atoms with Crippen LogP contribution in [-0.2, 0) is 17.9 Å². The van der Waals surface area contributed by atoms with E-state index in [-0.39, 0.29) is 36.3 Å². The van der Waals surface area contributed by atoms with Gasteiger partial charge >= 0.3 is 11.7 Å². The second-order valence-electron chi connectivity index (χ2n) is 8.80. The Morgan fingerprint density at radius 3 is 2.36 bits per heavy atom. The zero-order valence-corrected chi connectivity index (χ0v) is 19.7. The van der Waals surface area contributed by atoms with E-state index in [2.05, 4.69) is 15.6 Å². The van der Waals surface area contributed by atoms with E-state index >= 15 is 0 Å². The fourth-order valence-electron chi connectivity index (χ4n) is 3.41. The van der Waals surface area contributed by atoms with Gasteiger partial charge in [-0.3, -0.25) is 24.5 Å². The van der Waals surface area contributed by atoms with E-state index in [0.717, 1.165) is 5.56 Å².